The first-order chi connectivity index (χ1) is 18.9. The summed E-state index contributed by atoms with van der Waals surface area (Å²) in [6, 6.07) is 20.6. The summed E-state index contributed by atoms with van der Waals surface area (Å²) >= 11 is 0. The maximum Gasteiger partial charge on any atom is 0.161 e. The van der Waals surface area contributed by atoms with Gasteiger partial charge in [0.15, 0.2) is 23.0 Å². The number of ether oxygens (including phenoxy) is 5. The molecule has 8 nitrogen and oxygen atoms in total. The molecule has 0 saturated heterocycles. The SMILES string of the molecule is COc1ccc(/C=C(/CC(C)=O)c2ccc(OCC(O)CNCCOc3ccccc3OC)cc2)cc1OC. The third-order valence-electron chi connectivity index (χ3n) is 5.84. The molecule has 0 spiro atoms. The van der Waals surface area contributed by atoms with Gasteiger partial charge in [0.2, 0.25) is 0 Å². The average Bonchev–Trinajstić information content (AvgIpc) is 2.95. The molecule has 1 unspecified atom stereocenters. The maximum atomic E-state index is 12.0. The molecule has 0 aliphatic heterocycles. The van der Waals surface area contributed by atoms with Gasteiger partial charge in [-0.15, -0.1) is 0 Å². The standard InChI is InChI=1S/C31H37NO7/c1-22(33)17-25(18-23-9-14-29(36-3)31(19-23)37-4)24-10-12-27(13-11-24)39-21-26(34)20-32-15-16-38-30-8-6-5-7-28(30)35-2/h5-14,18-19,26,32,34H,15-17,20-21H2,1-4H3/b25-18-. The Morgan fingerprint density at radius 2 is 1.54 bits per heavy atom. The van der Waals surface area contributed by atoms with Crippen molar-refractivity contribution < 1.29 is 33.6 Å². The summed E-state index contributed by atoms with van der Waals surface area (Å²) < 4.78 is 27.4. The summed E-state index contributed by atoms with van der Waals surface area (Å²) in [6.07, 6.45) is 1.57. The van der Waals surface area contributed by atoms with Crippen LogP contribution in [-0.4, -0.2) is 64.6 Å². The van der Waals surface area contributed by atoms with E-state index in [9.17, 15) is 9.90 Å². The monoisotopic (exact) mass is 535 g/mol. The maximum absolute atomic E-state index is 12.0. The zero-order valence-electron chi connectivity index (χ0n) is 22.9. The van der Waals surface area contributed by atoms with Crippen molar-refractivity contribution in [2.75, 3.05) is 47.6 Å². The third kappa shape index (κ3) is 9.35. The Balaban J connectivity index is 1.50. The third-order valence-corrected chi connectivity index (χ3v) is 5.84. The van der Waals surface area contributed by atoms with Crippen LogP contribution in [0.2, 0.25) is 0 Å². The number of carbonyl (C=O) groups excluding carboxylic acids is 1. The summed E-state index contributed by atoms with van der Waals surface area (Å²) in [5.41, 5.74) is 2.68. The molecular formula is C31H37NO7. The van der Waals surface area contributed by atoms with Crippen molar-refractivity contribution in [3.05, 3.63) is 77.9 Å². The van der Waals surface area contributed by atoms with E-state index in [-0.39, 0.29) is 12.4 Å². The fourth-order valence-electron chi connectivity index (χ4n) is 3.90. The van der Waals surface area contributed by atoms with E-state index in [0.29, 0.717) is 54.9 Å². The van der Waals surface area contributed by atoms with Gasteiger partial charge in [-0.3, -0.25) is 4.79 Å². The largest absolute Gasteiger partial charge is 0.493 e. The minimum absolute atomic E-state index is 0.0611. The van der Waals surface area contributed by atoms with Crippen molar-refractivity contribution in [3.8, 4) is 28.7 Å². The Morgan fingerprint density at radius 1 is 0.872 bits per heavy atom. The van der Waals surface area contributed by atoms with E-state index >= 15 is 0 Å². The average molecular weight is 536 g/mol. The lowest BCUT2D eigenvalue weighted by molar-refractivity contribution is -0.116. The highest BCUT2D eigenvalue weighted by molar-refractivity contribution is 5.94. The summed E-state index contributed by atoms with van der Waals surface area (Å²) in [5, 5.41) is 13.4. The zero-order valence-corrected chi connectivity index (χ0v) is 22.9. The molecule has 8 heteroatoms. The van der Waals surface area contributed by atoms with Gasteiger partial charge in [0, 0.05) is 19.5 Å². The van der Waals surface area contributed by atoms with Crippen molar-refractivity contribution in [2.24, 2.45) is 0 Å². The molecule has 3 rings (SSSR count). The number of carbonyl (C=O) groups is 1. The number of aliphatic hydroxyl groups excluding tert-OH is 1. The van der Waals surface area contributed by atoms with Crippen LogP contribution in [0.25, 0.3) is 11.6 Å². The van der Waals surface area contributed by atoms with Gasteiger partial charge in [0.1, 0.15) is 30.9 Å². The molecule has 3 aromatic carbocycles. The summed E-state index contributed by atoms with van der Waals surface area (Å²) in [4.78, 5) is 12.0. The highest BCUT2D eigenvalue weighted by Crippen LogP contribution is 2.31. The van der Waals surface area contributed by atoms with Crippen LogP contribution >= 0.6 is 0 Å². The summed E-state index contributed by atoms with van der Waals surface area (Å²) in [7, 11) is 4.78. The normalized spacial score (nSPS) is 12.0. The Bertz CT molecular complexity index is 1220. The molecule has 0 radical (unpaired) electrons. The smallest absolute Gasteiger partial charge is 0.161 e. The van der Waals surface area contributed by atoms with Gasteiger partial charge >= 0.3 is 0 Å². The van der Waals surface area contributed by atoms with Crippen molar-refractivity contribution in [1.82, 2.24) is 5.32 Å². The number of nitrogens with one attached hydrogen (secondary N) is 1. The number of allylic oxidation sites excluding steroid dienone is 1. The highest BCUT2D eigenvalue weighted by atomic mass is 16.5. The van der Waals surface area contributed by atoms with Crippen molar-refractivity contribution in [3.63, 3.8) is 0 Å². The molecule has 0 heterocycles. The molecule has 208 valence electrons. The number of aliphatic hydroxyl groups is 1. The van der Waals surface area contributed by atoms with Crippen LogP contribution in [0.1, 0.15) is 24.5 Å². The zero-order chi connectivity index (χ0) is 28.0. The van der Waals surface area contributed by atoms with Crippen LogP contribution < -0.4 is 29.0 Å². The van der Waals surface area contributed by atoms with E-state index in [1.807, 2.05) is 72.8 Å². The number of rotatable bonds is 16. The lowest BCUT2D eigenvalue weighted by Crippen LogP contribution is -2.33. The van der Waals surface area contributed by atoms with Crippen molar-refractivity contribution >= 4 is 17.4 Å². The van der Waals surface area contributed by atoms with Gasteiger partial charge in [0.25, 0.3) is 0 Å². The topological polar surface area (TPSA) is 95.5 Å². The van der Waals surface area contributed by atoms with E-state index in [0.717, 1.165) is 16.7 Å². The predicted molar refractivity (Wildman–Crippen MR) is 152 cm³/mol. The summed E-state index contributed by atoms with van der Waals surface area (Å²) in [6.45, 7) is 3.08. The van der Waals surface area contributed by atoms with Gasteiger partial charge in [-0.2, -0.15) is 0 Å². The Hall–Kier alpha value is -4.01. The van der Waals surface area contributed by atoms with E-state index in [2.05, 4.69) is 5.32 Å². The van der Waals surface area contributed by atoms with Crippen LogP contribution in [0.15, 0.2) is 66.7 Å². The predicted octanol–water partition coefficient (Wildman–Crippen LogP) is 4.64. The molecule has 1 atom stereocenters. The van der Waals surface area contributed by atoms with E-state index in [1.54, 1.807) is 28.3 Å². The van der Waals surface area contributed by atoms with Gasteiger partial charge in [-0.05, 0) is 60.0 Å². The van der Waals surface area contributed by atoms with Gasteiger partial charge in [-0.1, -0.05) is 36.4 Å². The first-order valence-electron chi connectivity index (χ1n) is 12.7. The van der Waals surface area contributed by atoms with Crippen LogP contribution in [-0.2, 0) is 4.79 Å². The second kappa shape index (κ2) is 15.4. The Labute approximate surface area is 230 Å². The number of hydrogen-bond donors (Lipinski definition) is 2. The summed E-state index contributed by atoms with van der Waals surface area (Å²) in [5.74, 6) is 3.31. The molecule has 0 aliphatic rings. The molecule has 0 amide bonds. The first kappa shape index (κ1) is 29.5. The fraction of sp³-hybridized carbons (Fsp3) is 0.323. The molecule has 0 bridgehead atoms. The second-order valence-corrected chi connectivity index (χ2v) is 8.86. The number of para-hydroxylation sites is 2. The van der Waals surface area contributed by atoms with E-state index in [4.69, 9.17) is 23.7 Å². The number of ketones is 1. The van der Waals surface area contributed by atoms with Gasteiger partial charge < -0.3 is 34.1 Å². The first-order valence-corrected chi connectivity index (χ1v) is 12.7. The van der Waals surface area contributed by atoms with Crippen molar-refractivity contribution in [1.29, 1.82) is 0 Å². The molecular weight excluding hydrogens is 498 g/mol. The van der Waals surface area contributed by atoms with Gasteiger partial charge in [0.05, 0.1) is 21.3 Å². The van der Waals surface area contributed by atoms with Crippen LogP contribution in [0.3, 0.4) is 0 Å². The molecule has 3 aromatic rings. The van der Waals surface area contributed by atoms with Crippen LogP contribution in [0, 0.1) is 0 Å². The quantitative estimate of drug-likeness (QED) is 0.202. The molecule has 0 saturated carbocycles. The molecule has 39 heavy (non-hydrogen) atoms. The molecule has 0 aromatic heterocycles. The minimum Gasteiger partial charge on any atom is -0.493 e. The fourth-order valence-corrected chi connectivity index (χ4v) is 3.90. The Kier molecular flexibility index (Phi) is 11.7. The number of benzene rings is 3. The van der Waals surface area contributed by atoms with Crippen LogP contribution in [0.5, 0.6) is 28.7 Å². The molecule has 0 fully saturated rings. The van der Waals surface area contributed by atoms with E-state index in [1.165, 1.54) is 0 Å². The lowest BCUT2D eigenvalue weighted by Gasteiger charge is -2.15. The Morgan fingerprint density at radius 3 is 2.21 bits per heavy atom. The molecule has 0 aliphatic carbocycles. The molecule has 2 N–H and O–H groups in total. The van der Waals surface area contributed by atoms with Crippen molar-refractivity contribution in [2.45, 2.75) is 19.4 Å². The highest BCUT2D eigenvalue weighted by Gasteiger charge is 2.10. The second-order valence-electron chi connectivity index (χ2n) is 8.86. The van der Waals surface area contributed by atoms with Crippen LogP contribution in [0.4, 0.5) is 0 Å². The van der Waals surface area contributed by atoms with Gasteiger partial charge in [-0.25, -0.2) is 0 Å². The number of Topliss-reactive ketones (excluding diaryl/α,β-unsaturated/α-hetero) is 1. The number of hydrogen-bond acceptors (Lipinski definition) is 8. The van der Waals surface area contributed by atoms with E-state index < -0.39 is 6.10 Å². The minimum atomic E-state index is -0.686. The lowest BCUT2D eigenvalue weighted by atomic mass is 9.98. The number of methoxy groups -OCH3 is 3.